The Morgan fingerprint density at radius 1 is 1.27 bits per heavy atom. The summed E-state index contributed by atoms with van der Waals surface area (Å²) in [4.78, 5) is 2.36. The van der Waals surface area contributed by atoms with E-state index in [1.807, 2.05) is 26.0 Å². The predicted octanol–water partition coefficient (Wildman–Crippen LogP) is 3.94. The number of hydrogen-bond acceptors (Lipinski definition) is 6. The van der Waals surface area contributed by atoms with E-state index in [0.29, 0.717) is 5.70 Å². The molecule has 1 aliphatic rings. The molecule has 0 unspecified atom stereocenters. The van der Waals surface area contributed by atoms with Gasteiger partial charge in [-0.05, 0) is 38.1 Å². The van der Waals surface area contributed by atoms with Gasteiger partial charge in [0.05, 0.1) is 11.2 Å². The van der Waals surface area contributed by atoms with Gasteiger partial charge in [-0.25, -0.2) is 14.6 Å². The summed E-state index contributed by atoms with van der Waals surface area (Å²) in [7, 11) is 0. The molecule has 22 heavy (non-hydrogen) atoms. The smallest absolute Gasteiger partial charge is 0.0756 e. The number of nitrogens with one attached hydrogen (secondary N) is 2. The fraction of sp³-hybridized carbons (Fsp3) is 0.467. The average molecular weight is 340 g/mol. The molecule has 0 atom stereocenters. The highest BCUT2D eigenvalue weighted by molar-refractivity contribution is 7.95. The van der Waals surface area contributed by atoms with E-state index in [1.165, 1.54) is 5.69 Å². The molecule has 0 saturated carbocycles. The number of anilines is 1. The Labute approximate surface area is 141 Å². The molecule has 1 aliphatic heterocycles. The quantitative estimate of drug-likeness (QED) is 0.609. The Morgan fingerprint density at radius 2 is 1.86 bits per heavy atom. The molecule has 0 bridgehead atoms. The van der Waals surface area contributed by atoms with Crippen molar-refractivity contribution in [3.63, 3.8) is 0 Å². The maximum Gasteiger partial charge on any atom is 0.0756 e. The lowest BCUT2D eigenvalue weighted by Crippen LogP contribution is -2.46. The molecule has 0 amide bonds. The van der Waals surface area contributed by atoms with Crippen molar-refractivity contribution in [2.45, 2.75) is 19.4 Å². The van der Waals surface area contributed by atoms with Crippen LogP contribution in [0.25, 0.3) is 0 Å². The first-order valence-corrected chi connectivity index (χ1v) is 8.34. The van der Waals surface area contributed by atoms with Crippen LogP contribution in [-0.4, -0.2) is 36.0 Å². The molecule has 0 spiro atoms. The van der Waals surface area contributed by atoms with Crippen LogP contribution in [0.4, 0.5) is 5.69 Å². The molecule has 1 fully saturated rings. The van der Waals surface area contributed by atoms with Gasteiger partial charge in [0.25, 0.3) is 0 Å². The summed E-state index contributed by atoms with van der Waals surface area (Å²) in [5.74, 6) is 0. The normalized spacial score (nSPS) is 16.6. The van der Waals surface area contributed by atoms with E-state index in [9.17, 15) is 0 Å². The Bertz CT molecular complexity index is 523. The Hall–Kier alpha value is -1.08. The largest absolute Gasteiger partial charge is 0.369 e. The summed E-state index contributed by atoms with van der Waals surface area (Å²) in [6, 6.07) is 7.98. The Balaban J connectivity index is 1.81. The van der Waals surface area contributed by atoms with Crippen LogP contribution in [0.15, 0.2) is 41.7 Å². The van der Waals surface area contributed by atoms with Gasteiger partial charge >= 0.3 is 0 Å². The summed E-state index contributed by atoms with van der Waals surface area (Å²) >= 11 is 7.51. The van der Waals surface area contributed by atoms with Crippen LogP contribution in [0, 0.1) is 5.53 Å². The lowest BCUT2D eigenvalue weighted by Gasteiger charge is -2.36. The number of hydrogen-bond donors (Lipinski definition) is 2. The zero-order valence-electron chi connectivity index (χ0n) is 13.0. The standard InChI is InChI=1S/C15H22ClN5S/c1-12(18-17)15(2,3)19-22-21-10-8-20(9-11-21)14-6-4-13(16)5-7-14/h4-7,17,19H,1,8-11H2,2-3H3. The van der Waals surface area contributed by atoms with Crippen LogP contribution in [-0.2, 0) is 0 Å². The lowest BCUT2D eigenvalue weighted by atomic mass is 10.0. The summed E-state index contributed by atoms with van der Waals surface area (Å²) in [6.07, 6.45) is 0. The zero-order valence-corrected chi connectivity index (χ0v) is 14.5. The number of rotatable bonds is 6. The van der Waals surface area contributed by atoms with Crippen LogP contribution in [0.1, 0.15) is 13.8 Å². The highest BCUT2D eigenvalue weighted by atomic mass is 35.5. The maximum atomic E-state index is 7.07. The highest BCUT2D eigenvalue weighted by Crippen LogP contribution is 2.23. The van der Waals surface area contributed by atoms with Gasteiger partial charge in [0.1, 0.15) is 0 Å². The van der Waals surface area contributed by atoms with Gasteiger partial charge in [-0.1, -0.05) is 18.2 Å². The second-order valence-electron chi connectivity index (χ2n) is 5.77. The molecule has 2 N–H and O–H groups in total. The molecule has 2 rings (SSSR count). The molecular weight excluding hydrogens is 318 g/mol. The van der Waals surface area contributed by atoms with E-state index in [-0.39, 0.29) is 5.54 Å². The topological polar surface area (TPSA) is 54.7 Å². The van der Waals surface area contributed by atoms with Gasteiger partial charge in [0.2, 0.25) is 0 Å². The third kappa shape index (κ3) is 4.46. The van der Waals surface area contributed by atoms with Gasteiger partial charge in [-0.3, -0.25) is 0 Å². The molecule has 1 saturated heterocycles. The summed E-state index contributed by atoms with van der Waals surface area (Å²) in [5.41, 5.74) is 8.42. The van der Waals surface area contributed by atoms with Crippen molar-refractivity contribution in [3.8, 4) is 0 Å². The molecule has 1 heterocycles. The van der Waals surface area contributed by atoms with E-state index in [0.717, 1.165) is 31.2 Å². The van der Waals surface area contributed by atoms with Gasteiger partial charge in [0.15, 0.2) is 0 Å². The van der Waals surface area contributed by atoms with Crippen molar-refractivity contribution in [1.82, 2.24) is 9.03 Å². The third-order valence-corrected chi connectivity index (χ3v) is 5.19. The van der Waals surface area contributed by atoms with E-state index in [2.05, 4.69) is 37.8 Å². The van der Waals surface area contributed by atoms with Crippen LogP contribution >= 0.6 is 23.7 Å². The first-order valence-electron chi connectivity index (χ1n) is 7.19. The predicted molar refractivity (Wildman–Crippen MR) is 94.3 cm³/mol. The van der Waals surface area contributed by atoms with Gasteiger partial charge in [0, 0.05) is 49.0 Å². The molecule has 5 nitrogen and oxygen atoms in total. The molecule has 7 heteroatoms. The van der Waals surface area contributed by atoms with Crippen molar-refractivity contribution in [1.29, 1.82) is 5.53 Å². The lowest BCUT2D eigenvalue weighted by molar-refractivity contribution is 0.420. The summed E-state index contributed by atoms with van der Waals surface area (Å²) in [6.45, 7) is 11.6. The van der Waals surface area contributed by atoms with Crippen LogP contribution < -0.4 is 9.62 Å². The van der Waals surface area contributed by atoms with Crippen LogP contribution in [0.3, 0.4) is 0 Å². The van der Waals surface area contributed by atoms with Crippen molar-refractivity contribution in [2.75, 3.05) is 31.1 Å². The van der Waals surface area contributed by atoms with Crippen molar-refractivity contribution >= 4 is 29.4 Å². The average Bonchev–Trinajstić information content (AvgIpc) is 2.53. The molecule has 1 aromatic carbocycles. The minimum atomic E-state index is -0.389. The number of piperazine rings is 1. The molecule has 0 aromatic heterocycles. The van der Waals surface area contributed by atoms with Crippen molar-refractivity contribution < 1.29 is 0 Å². The van der Waals surface area contributed by atoms with E-state index in [4.69, 9.17) is 17.1 Å². The van der Waals surface area contributed by atoms with E-state index in [1.54, 1.807) is 12.1 Å². The van der Waals surface area contributed by atoms with Gasteiger partial charge in [-0.15, -0.1) is 0 Å². The molecule has 0 radical (unpaired) electrons. The SMILES string of the molecule is C=C(N=N)C(C)(C)NSN1CCN(c2ccc(Cl)cc2)CC1. The summed E-state index contributed by atoms with van der Waals surface area (Å²) < 4.78 is 5.62. The second kappa shape index (κ2) is 7.46. The first kappa shape index (κ1) is 17.3. The minimum absolute atomic E-state index is 0.389. The van der Waals surface area contributed by atoms with Crippen molar-refractivity contribution in [3.05, 3.63) is 41.6 Å². The number of nitrogens with zero attached hydrogens (tertiary/aromatic N) is 3. The molecule has 120 valence electrons. The van der Waals surface area contributed by atoms with Crippen LogP contribution in [0.5, 0.6) is 0 Å². The fourth-order valence-electron chi connectivity index (χ4n) is 2.07. The monoisotopic (exact) mass is 339 g/mol. The van der Waals surface area contributed by atoms with Crippen LogP contribution in [0.2, 0.25) is 5.02 Å². The maximum absolute atomic E-state index is 7.07. The minimum Gasteiger partial charge on any atom is -0.369 e. The number of halogens is 1. The summed E-state index contributed by atoms with van der Waals surface area (Å²) in [5, 5.41) is 4.19. The highest BCUT2D eigenvalue weighted by Gasteiger charge is 2.24. The second-order valence-corrected chi connectivity index (χ2v) is 7.11. The van der Waals surface area contributed by atoms with Gasteiger partial charge in [-0.2, -0.15) is 5.11 Å². The fourth-order valence-corrected chi connectivity index (χ4v) is 3.01. The van der Waals surface area contributed by atoms with E-state index < -0.39 is 0 Å². The Morgan fingerprint density at radius 3 is 2.41 bits per heavy atom. The first-order chi connectivity index (χ1) is 10.4. The molecule has 0 aliphatic carbocycles. The number of benzene rings is 1. The van der Waals surface area contributed by atoms with Crippen molar-refractivity contribution in [2.24, 2.45) is 5.11 Å². The zero-order chi connectivity index (χ0) is 16.2. The van der Waals surface area contributed by atoms with E-state index >= 15 is 0 Å². The molecule has 1 aromatic rings. The third-order valence-electron chi connectivity index (χ3n) is 3.72. The Kier molecular flexibility index (Phi) is 5.86. The van der Waals surface area contributed by atoms with Gasteiger partial charge < -0.3 is 4.90 Å². The molecular formula is C15H22ClN5S.